The Balaban J connectivity index is -0.0000000150. The Kier molecular flexibility index (Phi) is 90.0. The predicted octanol–water partition coefficient (Wildman–Crippen LogP) is 4.55. The molecule has 0 radical (unpaired) electrons. The van der Waals surface area contributed by atoms with Gasteiger partial charge in [0.25, 0.3) is 0 Å². The fourth-order valence-corrected chi connectivity index (χ4v) is 0.313. The van der Waals surface area contributed by atoms with E-state index in [1.807, 2.05) is 18.2 Å². The number of pyridine rings is 1. The minimum atomic E-state index is 0. The maximum Gasteiger partial charge on any atom is 0.0267 e. The van der Waals surface area contributed by atoms with Gasteiger partial charge >= 0.3 is 0 Å². The molecule has 1 nitrogen and oxygen atoms in total. The molecule has 0 aliphatic heterocycles. The Morgan fingerprint density at radius 1 is 0.500 bits per heavy atom. The van der Waals surface area contributed by atoms with Gasteiger partial charge in [-0.1, -0.05) is 6.07 Å². The van der Waals surface area contributed by atoms with Crippen LogP contribution in [-0.4, -0.2) is 4.98 Å². The van der Waals surface area contributed by atoms with Crippen molar-refractivity contribution < 1.29 is 0 Å². The maximum atomic E-state index is 3.78. The Labute approximate surface area is 136 Å². The van der Waals surface area contributed by atoms with Crippen LogP contribution in [0.2, 0.25) is 0 Å². The van der Waals surface area contributed by atoms with E-state index >= 15 is 0 Å². The smallest absolute Gasteiger partial charge is 0.0267 e. The number of aromatic nitrogens is 1. The van der Waals surface area contributed by atoms with E-state index in [2.05, 4.69) is 4.98 Å². The zero-order valence-electron chi connectivity index (χ0n) is 5.78. The van der Waals surface area contributed by atoms with E-state index in [0.29, 0.717) is 0 Å². The van der Waals surface area contributed by atoms with Gasteiger partial charge in [-0.25, -0.2) is 0 Å². The number of hydrogen-bond donors (Lipinski definition) is 0. The summed E-state index contributed by atoms with van der Waals surface area (Å²) in [6.45, 7) is 0. The van der Waals surface area contributed by atoms with Crippen LogP contribution in [0.15, 0.2) is 30.6 Å². The summed E-state index contributed by atoms with van der Waals surface area (Å²) in [7, 11) is 0. The van der Waals surface area contributed by atoms with Crippen LogP contribution in [0, 0.1) is 0 Å². The quantitative estimate of drug-likeness (QED) is 0.451. The molecule has 0 saturated carbocycles. The molecule has 0 saturated heterocycles. The van der Waals surface area contributed by atoms with Crippen LogP contribution in [0.25, 0.3) is 0 Å². The first kappa shape index (κ1) is 36.9. The van der Waals surface area contributed by atoms with Crippen molar-refractivity contribution in [3.63, 3.8) is 0 Å². The number of hydrogen-bond acceptors (Lipinski definition) is 1. The van der Waals surface area contributed by atoms with E-state index in [9.17, 15) is 0 Å². The molecule has 0 bridgehead atoms. The number of halogens is 6. The van der Waals surface area contributed by atoms with Gasteiger partial charge in [-0.05, 0) is 12.1 Å². The second-order valence-corrected chi connectivity index (χ2v) is 1.02. The van der Waals surface area contributed by atoms with Crippen molar-refractivity contribution in [2.45, 2.75) is 0 Å². The van der Waals surface area contributed by atoms with Crippen molar-refractivity contribution in [1.82, 2.24) is 4.98 Å². The maximum absolute atomic E-state index is 3.78. The molecule has 0 N–H and O–H groups in total. The van der Waals surface area contributed by atoms with E-state index in [1.54, 1.807) is 12.4 Å². The van der Waals surface area contributed by atoms with Gasteiger partial charge in [-0.2, -0.15) is 0 Å². The lowest BCUT2D eigenvalue weighted by atomic mass is 10.5. The monoisotopic (exact) mass is 559 g/mol. The van der Waals surface area contributed by atoms with Gasteiger partial charge in [-0.3, -0.25) is 4.98 Å². The van der Waals surface area contributed by atoms with Crippen molar-refractivity contribution in [3.05, 3.63) is 30.6 Å². The zero-order chi connectivity index (χ0) is 4.24. The van der Waals surface area contributed by atoms with Gasteiger partial charge in [0.1, 0.15) is 0 Å². The van der Waals surface area contributed by atoms with Crippen LogP contribution in [0.4, 0.5) is 0 Å². The minimum absolute atomic E-state index is 0. The summed E-state index contributed by atoms with van der Waals surface area (Å²) in [5.74, 6) is 0. The molecular formula is C5H11Br6N. The van der Waals surface area contributed by atoms with E-state index < -0.39 is 0 Å². The normalized spacial score (nSPS) is 4.00. The third kappa shape index (κ3) is 22.7. The highest BCUT2D eigenvalue weighted by Gasteiger charge is 1.58. The van der Waals surface area contributed by atoms with Crippen LogP contribution in [0.1, 0.15) is 0 Å². The van der Waals surface area contributed by atoms with Crippen molar-refractivity contribution in [1.29, 1.82) is 0 Å². The Hall–Kier alpha value is 2.03. The number of nitrogens with zero attached hydrogens (tertiary/aromatic N) is 1. The molecule has 1 heterocycles. The lowest BCUT2D eigenvalue weighted by Gasteiger charge is -1.70. The standard InChI is InChI=1S/C5H5N.6BrH/c1-2-4-6-5-3-1;;;;;;/h1-5H;6*1H. The van der Waals surface area contributed by atoms with Crippen molar-refractivity contribution in [2.24, 2.45) is 0 Å². The lowest BCUT2D eigenvalue weighted by Crippen LogP contribution is -1.58. The molecule has 0 fully saturated rings. The van der Waals surface area contributed by atoms with E-state index in [4.69, 9.17) is 0 Å². The summed E-state index contributed by atoms with van der Waals surface area (Å²) in [5.41, 5.74) is 0. The van der Waals surface area contributed by atoms with Crippen molar-refractivity contribution in [3.8, 4) is 0 Å². The fraction of sp³-hybridized carbons (Fsp3) is 0. The molecular weight excluding hydrogens is 553 g/mol. The van der Waals surface area contributed by atoms with E-state index in [1.165, 1.54) is 0 Å². The zero-order valence-corrected chi connectivity index (χ0v) is 16.1. The summed E-state index contributed by atoms with van der Waals surface area (Å²) >= 11 is 0. The molecule has 78 valence electrons. The molecule has 0 spiro atoms. The summed E-state index contributed by atoms with van der Waals surface area (Å²) in [4.78, 5) is 3.78. The molecule has 7 heteroatoms. The molecule has 0 aromatic carbocycles. The highest BCUT2D eigenvalue weighted by Crippen LogP contribution is 1.73. The molecule has 1 aromatic rings. The van der Waals surface area contributed by atoms with Crippen molar-refractivity contribution in [2.75, 3.05) is 0 Å². The predicted molar refractivity (Wildman–Crippen MR) is 86.2 cm³/mol. The first-order chi connectivity index (χ1) is 3.00. The molecule has 0 unspecified atom stereocenters. The molecule has 0 aliphatic carbocycles. The van der Waals surface area contributed by atoms with Crippen LogP contribution in [0.5, 0.6) is 0 Å². The first-order valence-electron chi connectivity index (χ1n) is 1.85. The molecule has 0 aliphatic rings. The second-order valence-electron chi connectivity index (χ2n) is 1.02. The van der Waals surface area contributed by atoms with Crippen LogP contribution in [-0.2, 0) is 0 Å². The van der Waals surface area contributed by atoms with E-state index in [0.717, 1.165) is 0 Å². The second kappa shape index (κ2) is 29.2. The van der Waals surface area contributed by atoms with Gasteiger partial charge in [0.15, 0.2) is 0 Å². The van der Waals surface area contributed by atoms with Crippen LogP contribution in [0.3, 0.4) is 0 Å². The van der Waals surface area contributed by atoms with Gasteiger partial charge in [-0.15, -0.1) is 102 Å². The molecule has 0 amide bonds. The topological polar surface area (TPSA) is 12.9 Å². The summed E-state index contributed by atoms with van der Waals surface area (Å²) in [6, 6.07) is 5.72. The molecule has 1 aromatic heterocycles. The summed E-state index contributed by atoms with van der Waals surface area (Å²) < 4.78 is 0. The fourth-order valence-electron chi connectivity index (χ4n) is 0.313. The number of rotatable bonds is 0. The average molecular weight is 565 g/mol. The molecule has 12 heavy (non-hydrogen) atoms. The SMILES string of the molecule is Br.Br.Br.Br.Br.Br.c1ccncc1. The summed E-state index contributed by atoms with van der Waals surface area (Å²) in [5, 5.41) is 0. The minimum Gasteiger partial charge on any atom is -0.265 e. The molecule has 0 atom stereocenters. The lowest BCUT2D eigenvalue weighted by molar-refractivity contribution is 1.33. The summed E-state index contributed by atoms with van der Waals surface area (Å²) in [6.07, 6.45) is 3.50. The van der Waals surface area contributed by atoms with Crippen molar-refractivity contribution >= 4 is 102 Å². The van der Waals surface area contributed by atoms with Gasteiger partial charge in [0.05, 0.1) is 0 Å². The highest BCUT2D eigenvalue weighted by molar-refractivity contribution is 8.93. The Morgan fingerprint density at radius 3 is 0.917 bits per heavy atom. The highest BCUT2D eigenvalue weighted by atomic mass is 79.9. The van der Waals surface area contributed by atoms with E-state index in [-0.39, 0.29) is 102 Å². The largest absolute Gasteiger partial charge is 0.265 e. The third-order valence-electron chi connectivity index (χ3n) is 0.566. The Morgan fingerprint density at radius 2 is 0.833 bits per heavy atom. The van der Waals surface area contributed by atoms with Gasteiger partial charge in [0, 0.05) is 12.4 Å². The third-order valence-corrected chi connectivity index (χ3v) is 0.566. The van der Waals surface area contributed by atoms with Crippen LogP contribution < -0.4 is 0 Å². The van der Waals surface area contributed by atoms with Crippen LogP contribution >= 0.6 is 102 Å². The Bertz CT molecular complexity index is 87.9. The molecule has 1 rings (SSSR count). The average Bonchev–Trinajstić information content (AvgIpc) is 1.72. The van der Waals surface area contributed by atoms with Gasteiger partial charge in [0.2, 0.25) is 0 Å². The first-order valence-corrected chi connectivity index (χ1v) is 1.85. The van der Waals surface area contributed by atoms with Gasteiger partial charge < -0.3 is 0 Å².